The van der Waals surface area contributed by atoms with Crippen LogP contribution in [-0.2, 0) is 15.1 Å². The molecule has 0 unspecified atom stereocenters. The topological polar surface area (TPSA) is 104 Å². The van der Waals surface area contributed by atoms with Crippen molar-refractivity contribution in [1.29, 1.82) is 0 Å². The summed E-state index contributed by atoms with van der Waals surface area (Å²) in [4.78, 5) is 0. The molecule has 0 aromatic rings. The number of hydrogen-bond acceptors (Lipinski definition) is 4. The summed E-state index contributed by atoms with van der Waals surface area (Å²) < 4.78 is 36.3. The van der Waals surface area contributed by atoms with Crippen LogP contribution in [0.3, 0.4) is 0 Å². The number of aliphatic hydroxyl groups excluding tert-OH is 1. The number of hydrogen-bond donors (Lipinski definition) is 3. The maximum atomic E-state index is 8.74. The first-order valence-corrected chi connectivity index (χ1v) is 4.20. The van der Waals surface area contributed by atoms with E-state index in [0.717, 1.165) is 0 Å². The van der Waals surface area contributed by atoms with Crippen LogP contribution in [0.1, 0.15) is 9.78 Å². The Kier molecular flexibility index (Phi) is 17.7. The predicted octanol–water partition coefficient (Wildman–Crippen LogP) is -0.793. The van der Waals surface area contributed by atoms with E-state index in [2.05, 4.69) is 0 Å². The molecular weight excluding hydrogens is 200 g/mol. The van der Waals surface area contributed by atoms with Crippen molar-refractivity contribution in [1.82, 2.24) is 0 Å². The molecule has 6 nitrogen and oxygen atoms in total. The monoisotopic (exact) mass is 214 g/mol. The van der Waals surface area contributed by atoms with Gasteiger partial charge in [-0.15, -0.1) is 0 Å². The summed E-state index contributed by atoms with van der Waals surface area (Å²) in [6.45, 7) is 3.20. The van der Waals surface area contributed by atoms with Crippen molar-refractivity contribution in [2.75, 3.05) is 19.8 Å². The molecule has 8 heteroatoms. The van der Waals surface area contributed by atoms with Crippen LogP contribution in [-0.4, -0.2) is 65.5 Å². The Balaban J connectivity index is -0.0000000321. The molecule has 0 radical (unpaired) electrons. The van der Waals surface area contributed by atoms with Gasteiger partial charge in [0.1, 0.15) is 0 Å². The van der Waals surface area contributed by atoms with E-state index in [1.165, 1.54) is 0 Å². The third-order valence-electron chi connectivity index (χ3n) is 0.440. The van der Waals surface area contributed by atoms with E-state index in [1.807, 2.05) is 6.92 Å². The molecule has 0 saturated heterocycles. The van der Waals surface area contributed by atoms with Gasteiger partial charge in [-0.05, 0) is 6.92 Å². The summed E-state index contributed by atoms with van der Waals surface area (Å²) in [5.74, 6) is 0. The predicted molar refractivity (Wildman–Crippen MR) is 45.7 cm³/mol. The Hall–Kier alpha value is 0.556. The zero-order valence-corrected chi connectivity index (χ0v) is 9.03. The van der Waals surface area contributed by atoms with Gasteiger partial charge in [-0.1, -0.05) is 0 Å². The van der Waals surface area contributed by atoms with E-state index in [9.17, 15) is 0 Å². The Morgan fingerprint density at radius 2 is 1.75 bits per heavy atom. The average Bonchev–Trinajstić information content (AvgIpc) is 1.79. The summed E-state index contributed by atoms with van der Waals surface area (Å²) in [7, 11) is -4.67. The van der Waals surface area contributed by atoms with Gasteiger partial charge in [0.25, 0.3) is 0 Å². The van der Waals surface area contributed by atoms with Gasteiger partial charge in [-0.3, -0.25) is 9.11 Å². The van der Waals surface area contributed by atoms with E-state index in [1.54, 1.807) is 0 Å². The first-order valence-electron chi connectivity index (χ1n) is 2.80. The molecule has 0 rings (SSSR count). The molecular formula is C4H14MgO6S. The maximum absolute atomic E-state index is 8.74. The molecule has 0 spiro atoms. The standard InChI is InChI=1S/C4H10O2.Mg.H2O4S.2H/c1-2-6-4-3-5;;1-5(2,3)4;;/h5H,2-4H2,1H3;;(H2,1,2,3,4);;/q;+2;;2*-1. The van der Waals surface area contributed by atoms with Crippen molar-refractivity contribution in [3.05, 3.63) is 0 Å². The van der Waals surface area contributed by atoms with Crippen LogP contribution >= 0.6 is 0 Å². The molecule has 0 atom stereocenters. The fraction of sp³-hybridized carbons (Fsp3) is 1.00. The molecule has 0 heterocycles. The van der Waals surface area contributed by atoms with E-state index in [-0.39, 0.29) is 32.5 Å². The Morgan fingerprint density at radius 1 is 1.42 bits per heavy atom. The maximum Gasteiger partial charge on any atom is 2.00 e. The second kappa shape index (κ2) is 11.6. The first kappa shape index (κ1) is 18.4. The van der Waals surface area contributed by atoms with E-state index < -0.39 is 10.4 Å². The molecule has 0 aromatic carbocycles. The minimum atomic E-state index is -4.67. The number of ether oxygens (including phenoxy) is 1. The Morgan fingerprint density at radius 3 is 1.83 bits per heavy atom. The summed E-state index contributed by atoms with van der Waals surface area (Å²) in [6, 6.07) is 0. The molecule has 0 fully saturated rings. The zero-order chi connectivity index (χ0) is 9.33. The zero-order valence-electron chi connectivity index (χ0n) is 8.80. The molecule has 0 aromatic heterocycles. The van der Waals surface area contributed by atoms with Gasteiger partial charge >= 0.3 is 33.5 Å². The molecule has 0 amide bonds. The number of rotatable bonds is 3. The molecule has 0 aliphatic rings. The fourth-order valence-corrected chi connectivity index (χ4v) is 0.209. The van der Waals surface area contributed by atoms with Crippen molar-refractivity contribution in [3.8, 4) is 0 Å². The summed E-state index contributed by atoms with van der Waals surface area (Å²) >= 11 is 0. The smallest absolute Gasteiger partial charge is 1.00 e. The molecule has 0 aliphatic carbocycles. The summed E-state index contributed by atoms with van der Waals surface area (Å²) in [5, 5.41) is 8.07. The van der Waals surface area contributed by atoms with Crippen LogP contribution in [0.15, 0.2) is 0 Å². The van der Waals surface area contributed by atoms with Gasteiger partial charge in [0.05, 0.1) is 13.2 Å². The third kappa shape index (κ3) is 76.2. The fourth-order valence-electron chi connectivity index (χ4n) is 0.209. The third-order valence-corrected chi connectivity index (χ3v) is 0.440. The molecule has 3 N–H and O–H groups in total. The van der Waals surface area contributed by atoms with E-state index >= 15 is 0 Å². The molecule has 0 saturated carbocycles. The van der Waals surface area contributed by atoms with Gasteiger partial charge < -0.3 is 12.7 Å². The molecule has 0 aliphatic heterocycles. The quantitative estimate of drug-likeness (QED) is 0.323. The largest absolute Gasteiger partial charge is 2.00 e. The van der Waals surface area contributed by atoms with Crippen molar-refractivity contribution >= 4 is 33.5 Å². The van der Waals surface area contributed by atoms with Crippen LogP contribution in [0, 0.1) is 0 Å². The van der Waals surface area contributed by atoms with Crippen molar-refractivity contribution in [3.63, 3.8) is 0 Å². The van der Waals surface area contributed by atoms with Crippen molar-refractivity contribution < 1.29 is 30.2 Å². The summed E-state index contributed by atoms with van der Waals surface area (Å²) in [5.41, 5.74) is 0. The Bertz CT molecular complexity index is 151. The molecule has 74 valence electrons. The van der Waals surface area contributed by atoms with Gasteiger partial charge in [-0.2, -0.15) is 8.42 Å². The average molecular weight is 215 g/mol. The second-order valence-electron chi connectivity index (χ2n) is 1.37. The van der Waals surface area contributed by atoms with Crippen LogP contribution in [0.5, 0.6) is 0 Å². The van der Waals surface area contributed by atoms with Crippen molar-refractivity contribution in [2.45, 2.75) is 6.92 Å². The van der Waals surface area contributed by atoms with Crippen LogP contribution in [0.25, 0.3) is 0 Å². The summed E-state index contributed by atoms with van der Waals surface area (Å²) in [6.07, 6.45) is 0. The minimum Gasteiger partial charge on any atom is -1.00 e. The minimum absolute atomic E-state index is 0. The molecule has 12 heavy (non-hydrogen) atoms. The Labute approximate surface area is 90.6 Å². The first-order chi connectivity index (χ1) is 4.91. The van der Waals surface area contributed by atoms with E-state index in [4.69, 9.17) is 27.4 Å². The van der Waals surface area contributed by atoms with Gasteiger partial charge in [-0.25, -0.2) is 0 Å². The van der Waals surface area contributed by atoms with Gasteiger partial charge in [0.2, 0.25) is 0 Å². The normalized spacial score (nSPS) is 9.33. The van der Waals surface area contributed by atoms with Crippen LogP contribution in [0.2, 0.25) is 0 Å². The van der Waals surface area contributed by atoms with Gasteiger partial charge in [0, 0.05) is 6.61 Å². The molecule has 0 bridgehead atoms. The van der Waals surface area contributed by atoms with Crippen LogP contribution in [0.4, 0.5) is 0 Å². The van der Waals surface area contributed by atoms with E-state index in [0.29, 0.717) is 13.2 Å². The van der Waals surface area contributed by atoms with Gasteiger partial charge in [0.15, 0.2) is 0 Å². The SMILES string of the molecule is CCOCCO.O=S(=O)(O)O.[H-].[H-].[Mg+2]. The van der Waals surface area contributed by atoms with Crippen LogP contribution < -0.4 is 0 Å². The number of aliphatic hydroxyl groups is 1. The van der Waals surface area contributed by atoms with Crippen molar-refractivity contribution in [2.24, 2.45) is 0 Å². The second-order valence-corrected chi connectivity index (χ2v) is 2.26.